The molecule has 19 heavy (non-hydrogen) atoms. The molecule has 2 rings (SSSR count). The zero-order valence-electron chi connectivity index (χ0n) is 11.8. The van der Waals surface area contributed by atoms with Gasteiger partial charge in [-0.25, -0.2) is 5.43 Å². The Balaban J connectivity index is 1.85. The molecule has 0 heterocycles. The molecule has 5 N–H and O–H groups in total. The molecule has 0 aromatic heterocycles. The number of hydrogen-bond donors (Lipinski definition) is 4. The molecule has 0 aromatic rings. The topological polar surface area (TPSA) is 94.5 Å². The van der Waals surface area contributed by atoms with Crippen LogP contribution in [-0.4, -0.2) is 22.9 Å². The molecule has 0 amide bonds. The van der Waals surface area contributed by atoms with Crippen molar-refractivity contribution in [1.29, 1.82) is 5.41 Å². The molecule has 0 atom stereocenters. The Hall–Kier alpha value is -1.10. The zero-order valence-corrected chi connectivity index (χ0v) is 11.8. The van der Waals surface area contributed by atoms with Gasteiger partial charge in [0.25, 0.3) is 0 Å². The first kappa shape index (κ1) is 14.3. The molecule has 2 fully saturated rings. The van der Waals surface area contributed by atoms with Crippen molar-refractivity contribution in [3.8, 4) is 0 Å². The lowest BCUT2D eigenvalue weighted by Crippen LogP contribution is -2.35. The number of hydrazone groups is 1. The number of hydrogen-bond acceptors (Lipinski definition) is 3. The van der Waals surface area contributed by atoms with E-state index in [4.69, 9.17) is 11.1 Å². The molecule has 0 aromatic carbocycles. The van der Waals surface area contributed by atoms with Crippen LogP contribution in [0.2, 0.25) is 0 Å². The second kappa shape index (κ2) is 5.90. The van der Waals surface area contributed by atoms with E-state index in [1.807, 2.05) is 6.92 Å². The minimum absolute atomic E-state index is 0.0635. The van der Waals surface area contributed by atoms with Crippen LogP contribution >= 0.6 is 0 Å². The van der Waals surface area contributed by atoms with Crippen molar-refractivity contribution in [2.45, 2.75) is 64.4 Å². The number of guanidine groups is 1. The quantitative estimate of drug-likeness (QED) is 0.349. The molecule has 1 spiro atoms. The highest BCUT2D eigenvalue weighted by Crippen LogP contribution is 2.49. The molecule has 0 saturated heterocycles. The predicted molar refractivity (Wildman–Crippen MR) is 77.0 cm³/mol. The molecule has 5 heteroatoms. The monoisotopic (exact) mass is 266 g/mol. The molecule has 0 unspecified atom stereocenters. The van der Waals surface area contributed by atoms with E-state index in [1.54, 1.807) is 0 Å². The number of aliphatic hydroxyl groups is 1. The third kappa shape index (κ3) is 3.69. The number of nitrogens with two attached hydrogens (primary N) is 1. The first-order valence-electron chi connectivity index (χ1n) is 7.33. The SMILES string of the molecule is CC(=NNC(=N)N)C1CCC2(CCC(O)CC2)CC1. The fourth-order valence-corrected chi connectivity index (χ4v) is 3.60. The van der Waals surface area contributed by atoms with Crippen LogP contribution in [0.5, 0.6) is 0 Å². The highest BCUT2D eigenvalue weighted by atomic mass is 16.3. The van der Waals surface area contributed by atoms with Gasteiger partial charge in [-0.1, -0.05) is 0 Å². The highest BCUT2D eigenvalue weighted by molar-refractivity contribution is 5.86. The standard InChI is InChI=1S/C14H26N4O/c1-10(17-18-13(15)16)11-2-6-14(7-3-11)8-4-12(19)5-9-14/h11-12,19H,2-9H2,1H3,(H4,15,16,18). The van der Waals surface area contributed by atoms with Gasteiger partial charge in [-0.05, 0) is 69.6 Å². The van der Waals surface area contributed by atoms with Crippen molar-refractivity contribution in [2.75, 3.05) is 0 Å². The van der Waals surface area contributed by atoms with E-state index >= 15 is 0 Å². The molecular weight excluding hydrogens is 240 g/mol. The van der Waals surface area contributed by atoms with E-state index < -0.39 is 0 Å². The molecule has 5 nitrogen and oxygen atoms in total. The summed E-state index contributed by atoms with van der Waals surface area (Å²) in [6.45, 7) is 2.02. The summed E-state index contributed by atoms with van der Waals surface area (Å²) in [6, 6.07) is 0. The zero-order chi connectivity index (χ0) is 13.9. The summed E-state index contributed by atoms with van der Waals surface area (Å²) in [5.74, 6) is 0.414. The van der Waals surface area contributed by atoms with Gasteiger partial charge in [0.05, 0.1) is 6.10 Å². The number of nitrogens with one attached hydrogen (secondary N) is 2. The highest BCUT2D eigenvalue weighted by Gasteiger charge is 2.38. The Morgan fingerprint density at radius 2 is 1.74 bits per heavy atom. The van der Waals surface area contributed by atoms with Crippen molar-refractivity contribution < 1.29 is 5.11 Å². The van der Waals surface area contributed by atoms with Crippen molar-refractivity contribution >= 4 is 11.7 Å². The molecule has 0 bridgehead atoms. The maximum absolute atomic E-state index is 9.63. The average Bonchev–Trinajstić information content (AvgIpc) is 2.40. The van der Waals surface area contributed by atoms with E-state index in [0.29, 0.717) is 11.3 Å². The van der Waals surface area contributed by atoms with Crippen LogP contribution in [0.1, 0.15) is 58.3 Å². The summed E-state index contributed by atoms with van der Waals surface area (Å²) in [7, 11) is 0. The molecular formula is C14H26N4O. The smallest absolute Gasteiger partial charge is 0.206 e. The summed E-state index contributed by atoms with van der Waals surface area (Å²) in [5.41, 5.74) is 9.32. The summed E-state index contributed by atoms with van der Waals surface area (Å²) in [5, 5.41) is 20.9. The lowest BCUT2D eigenvalue weighted by Gasteiger charge is -2.44. The maximum Gasteiger partial charge on any atom is 0.206 e. The van der Waals surface area contributed by atoms with Gasteiger partial charge in [0, 0.05) is 5.71 Å². The van der Waals surface area contributed by atoms with Crippen LogP contribution in [0.25, 0.3) is 0 Å². The van der Waals surface area contributed by atoms with Crippen LogP contribution < -0.4 is 11.2 Å². The Morgan fingerprint density at radius 3 is 2.26 bits per heavy atom. The van der Waals surface area contributed by atoms with E-state index in [0.717, 1.165) is 18.6 Å². The van der Waals surface area contributed by atoms with Crippen molar-refractivity contribution in [2.24, 2.45) is 22.2 Å². The Labute approximate surface area is 115 Å². The molecule has 2 saturated carbocycles. The Morgan fingerprint density at radius 1 is 1.21 bits per heavy atom. The lowest BCUT2D eigenvalue weighted by molar-refractivity contribution is 0.0350. The first-order valence-corrected chi connectivity index (χ1v) is 7.33. The summed E-state index contributed by atoms with van der Waals surface area (Å²) < 4.78 is 0. The normalized spacial score (nSPS) is 36.2. The third-order valence-corrected chi connectivity index (χ3v) is 5.01. The Bertz CT molecular complexity index is 348. The summed E-state index contributed by atoms with van der Waals surface area (Å²) in [4.78, 5) is 0. The van der Waals surface area contributed by atoms with Gasteiger partial charge in [-0.15, -0.1) is 0 Å². The van der Waals surface area contributed by atoms with Crippen LogP contribution in [0, 0.1) is 16.7 Å². The maximum atomic E-state index is 9.63. The molecule has 2 aliphatic rings. The first-order chi connectivity index (χ1) is 9.01. The lowest BCUT2D eigenvalue weighted by atomic mass is 9.62. The van der Waals surface area contributed by atoms with Gasteiger partial charge in [0.2, 0.25) is 5.96 Å². The van der Waals surface area contributed by atoms with Gasteiger partial charge >= 0.3 is 0 Å². The molecule has 2 aliphatic carbocycles. The van der Waals surface area contributed by atoms with Crippen LogP contribution in [0.3, 0.4) is 0 Å². The third-order valence-electron chi connectivity index (χ3n) is 5.01. The van der Waals surface area contributed by atoms with Crippen LogP contribution in [0.4, 0.5) is 0 Å². The van der Waals surface area contributed by atoms with Gasteiger partial charge in [0.1, 0.15) is 0 Å². The van der Waals surface area contributed by atoms with E-state index in [-0.39, 0.29) is 12.1 Å². The fraction of sp³-hybridized carbons (Fsp3) is 0.857. The van der Waals surface area contributed by atoms with E-state index in [1.165, 1.54) is 38.5 Å². The largest absolute Gasteiger partial charge is 0.393 e. The van der Waals surface area contributed by atoms with Gasteiger partial charge < -0.3 is 10.8 Å². The van der Waals surface area contributed by atoms with Gasteiger partial charge in [0.15, 0.2) is 0 Å². The fourth-order valence-electron chi connectivity index (χ4n) is 3.60. The number of aliphatic hydroxyl groups excluding tert-OH is 1. The van der Waals surface area contributed by atoms with Crippen molar-refractivity contribution in [1.82, 2.24) is 5.43 Å². The van der Waals surface area contributed by atoms with E-state index in [9.17, 15) is 5.11 Å². The minimum atomic E-state index is -0.104. The second-order valence-electron chi connectivity index (χ2n) is 6.28. The molecule has 108 valence electrons. The van der Waals surface area contributed by atoms with Crippen molar-refractivity contribution in [3.63, 3.8) is 0 Å². The average molecular weight is 266 g/mol. The number of nitrogens with zero attached hydrogens (tertiary/aromatic N) is 1. The van der Waals surface area contributed by atoms with Crippen LogP contribution in [0.15, 0.2) is 5.10 Å². The molecule has 0 radical (unpaired) electrons. The van der Waals surface area contributed by atoms with Gasteiger partial charge in [-0.2, -0.15) is 5.10 Å². The Kier molecular flexibility index (Phi) is 4.45. The summed E-state index contributed by atoms with van der Waals surface area (Å²) in [6.07, 6.45) is 9.09. The number of rotatable bonds is 2. The summed E-state index contributed by atoms with van der Waals surface area (Å²) >= 11 is 0. The van der Waals surface area contributed by atoms with Crippen molar-refractivity contribution in [3.05, 3.63) is 0 Å². The minimum Gasteiger partial charge on any atom is -0.393 e. The second-order valence-corrected chi connectivity index (χ2v) is 6.28. The van der Waals surface area contributed by atoms with E-state index in [2.05, 4.69) is 10.5 Å². The van der Waals surface area contributed by atoms with Crippen LogP contribution in [-0.2, 0) is 0 Å². The molecule has 0 aliphatic heterocycles. The predicted octanol–water partition coefficient (Wildman–Crippen LogP) is 1.96. The van der Waals surface area contributed by atoms with Gasteiger partial charge in [-0.3, -0.25) is 5.41 Å².